The molecule has 5 nitrogen and oxygen atoms in total. The second kappa shape index (κ2) is 6.85. The Kier molecular flexibility index (Phi) is 5.46. The van der Waals surface area contributed by atoms with Gasteiger partial charge in [-0.05, 0) is 55.4 Å². The van der Waals surface area contributed by atoms with Crippen LogP contribution in [0.4, 0.5) is 9.18 Å². The lowest BCUT2D eigenvalue weighted by Gasteiger charge is -2.32. The van der Waals surface area contributed by atoms with Crippen LogP contribution in [0.15, 0.2) is 12.1 Å². The van der Waals surface area contributed by atoms with Gasteiger partial charge in [-0.3, -0.25) is 0 Å². The molecule has 1 N–H and O–H groups in total. The summed E-state index contributed by atoms with van der Waals surface area (Å²) in [4.78, 5) is 11.8. The zero-order valence-electron chi connectivity index (χ0n) is 17.0. The van der Waals surface area contributed by atoms with E-state index in [4.69, 9.17) is 14.0 Å². The standard InChI is InChI=1S/C19H29BFNO4/c1-12-9-13(11-22-16(23)24-17(2,3)4)15(21)14(10-12)20-25-18(5,6)19(7,8)26-20/h9-10H,11H2,1-8H3,(H,22,23). The highest BCUT2D eigenvalue weighted by Crippen LogP contribution is 2.36. The van der Waals surface area contributed by atoms with Gasteiger partial charge in [-0.25, -0.2) is 9.18 Å². The van der Waals surface area contributed by atoms with E-state index in [0.29, 0.717) is 11.0 Å². The molecule has 1 saturated heterocycles. The highest BCUT2D eigenvalue weighted by atomic mass is 19.1. The quantitative estimate of drug-likeness (QED) is 0.834. The Labute approximate surface area is 155 Å². The average Bonchev–Trinajstić information content (AvgIpc) is 2.66. The first kappa shape index (κ1) is 20.7. The van der Waals surface area contributed by atoms with Gasteiger partial charge in [0.1, 0.15) is 11.4 Å². The number of hydrogen-bond acceptors (Lipinski definition) is 4. The highest BCUT2D eigenvalue weighted by Gasteiger charge is 2.52. The molecule has 0 saturated carbocycles. The van der Waals surface area contributed by atoms with Crippen LogP contribution in [-0.2, 0) is 20.6 Å². The van der Waals surface area contributed by atoms with Gasteiger partial charge >= 0.3 is 13.2 Å². The van der Waals surface area contributed by atoms with Crippen molar-refractivity contribution in [1.82, 2.24) is 5.32 Å². The summed E-state index contributed by atoms with van der Waals surface area (Å²) in [6, 6.07) is 3.41. The van der Waals surface area contributed by atoms with Crippen LogP contribution in [0.1, 0.15) is 59.6 Å². The van der Waals surface area contributed by atoms with Gasteiger partial charge in [0, 0.05) is 17.6 Å². The number of hydrogen-bond donors (Lipinski definition) is 1. The first-order valence-corrected chi connectivity index (χ1v) is 8.83. The van der Waals surface area contributed by atoms with E-state index in [2.05, 4.69) is 5.32 Å². The number of nitrogens with one attached hydrogen (secondary N) is 1. The van der Waals surface area contributed by atoms with Gasteiger partial charge in [-0.15, -0.1) is 0 Å². The lowest BCUT2D eigenvalue weighted by molar-refractivity contribution is 0.00578. The van der Waals surface area contributed by atoms with Gasteiger partial charge < -0.3 is 19.4 Å². The third-order valence-electron chi connectivity index (χ3n) is 4.65. The van der Waals surface area contributed by atoms with E-state index in [-0.39, 0.29) is 6.54 Å². The molecular weight excluding hydrogens is 336 g/mol. The number of halogens is 1. The minimum atomic E-state index is -0.792. The molecule has 0 spiro atoms. The Morgan fingerprint density at radius 3 is 2.23 bits per heavy atom. The largest absolute Gasteiger partial charge is 0.497 e. The number of ether oxygens (including phenoxy) is 1. The maximum absolute atomic E-state index is 15.0. The Morgan fingerprint density at radius 2 is 1.73 bits per heavy atom. The predicted molar refractivity (Wildman–Crippen MR) is 99.9 cm³/mol. The Hall–Kier alpha value is -1.60. The fourth-order valence-corrected chi connectivity index (χ4v) is 2.63. The fraction of sp³-hybridized carbons (Fsp3) is 0.632. The number of carbonyl (C=O) groups excluding carboxylic acids is 1. The predicted octanol–water partition coefficient (Wildman–Crippen LogP) is 3.46. The number of carbonyl (C=O) groups is 1. The molecule has 0 atom stereocenters. The van der Waals surface area contributed by atoms with Crippen molar-refractivity contribution >= 4 is 18.7 Å². The zero-order chi connectivity index (χ0) is 19.9. The van der Waals surface area contributed by atoms with Gasteiger partial charge in [0.15, 0.2) is 0 Å². The van der Waals surface area contributed by atoms with E-state index < -0.39 is 35.8 Å². The van der Waals surface area contributed by atoms with Crippen LogP contribution in [0.3, 0.4) is 0 Å². The number of alkyl carbamates (subject to hydrolysis) is 1. The van der Waals surface area contributed by atoms with E-state index in [9.17, 15) is 4.79 Å². The Bertz CT molecular complexity index is 682. The van der Waals surface area contributed by atoms with Gasteiger partial charge in [0.2, 0.25) is 0 Å². The molecule has 1 aliphatic rings. The summed E-state index contributed by atoms with van der Waals surface area (Å²) in [5, 5.41) is 2.59. The third-order valence-corrected chi connectivity index (χ3v) is 4.65. The van der Waals surface area contributed by atoms with Crippen LogP contribution >= 0.6 is 0 Å². The van der Waals surface area contributed by atoms with Gasteiger partial charge in [0.05, 0.1) is 11.2 Å². The molecule has 7 heteroatoms. The lowest BCUT2D eigenvalue weighted by Crippen LogP contribution is -2.41. The molecule has 0 unspecified atom stereocenters. The molecule has 0 radical (unpaired) electrons. The van der Waals surface area contributed by atoms with E-state index >= 15 is 4.39 Å². The SMILES string of the molecule is Cc1cc(CNC(=O)OC(C)(C)C)c(F)c(B2OC(C)(C)C(C)(C)O2)c1. The number of benzene rings is 1. The van der Waals surface area contributed by atoms with Crippen LogP contribution in [0.25, 0.3) is 0 Å². The van der Waals surface area contributed by atoms with E-state index in [0.717, 1.165) is 5.56 Å². The van der Waals surface area contributed by atoms with Crippen molar-refractivity contribution < 1.29 is 23.2 Å². The smallest absolute Gasteiger partial charge is 0.444 e. The minimum Gasteiger partial charge on any atom is -0.444 e. The van der Waals surface area contributed by atoms with Crippen molar-refractivity contribution in [2.75, 3.05) is 0 Å². The average molecular weight is 365 g/mol. The van der Waals surface area contributed by atoms with Crippen molar-refractivity contribution in [2.24, 2.45) is 0 Å². The van der Waals surface area contributed by atoms with Crippen LogP contribution in [0.5, 0.6) is 0 Å². The molecule has 1 aromatic carbocycles. The lowest BCUT2D eigenvalue weighted by atomic mass is 9.77. The molecule has 0 aromatic heterocycles. The second-order valence-electron chi connectivity index (χ2n) is 8.77. The second-order valence-corrected chi connectivity index (χ2v) is 8.77. The van der Waals surface area contributed by atoms with Gasteiger partial charge in [-0.2, -0.15) is 0 Å². The summed E-state index contributed by atoms with van der Waals surface area (Å²) in [6.45, 7) is 14.9. The first-order valence-electron chi connectivity index (χ1n) is 8.83. The first-order chi connectivity index (χ1) is 11.7. The van der Waals surface area contributed by atoms with E-state index in [1.54, 1.807) is 32.9 Å². The molecule has 0 aliphatic carbocycles. The molecule has 2 rings (SSSR count). The number of aryl methyl sites for hydroxylation is 1. The van der Waals surface area contributed by atoms with Crippen LogP contribution in [0, 0.1) is 12.7 Å². The number of amides is 1. The van der Waals surface area contributed by atoms with E-state index in [1.165, 1.54) is 0 Å². The zero-order valence-corrected chi connectivity index (χ0v) is 17.0. The normalized spacial score (nSPS) is 18.7. The van der Waals surface area contributed by atoms with Crippen molar-refractivity contribution in [3.8, 4) is 0 Å². The molecule has 1 heterocycles. The molecular formula is C19H29BFNO4. The van der Waals surface area contributed by atoms with Crippen molar-refractivity contribution in [3.63, 3.8) is 0 Å². The maximum atomic E-state index is 15.0. The number of rotatable bonds is 3. The van der Waals surface area contributed by atoms with Crippen LogP contribution < -0.4 is 10.8 Å². The molecule has 1 aromatic rings. The van der Waals surface area contributed by atoms with Crippen molar-refractivity contribution in [3.05, 3.63) is 29.1 Å². The molecule has 26 heavy (non-hydrogen) atoms. The summed E-state index contributed by atoms with van der Waals surface area (Å²) in [6.07, 6.45) is -0.587. The van der Waals surface area contributed by atoms with Crippen molar-refractivity contribution in [2.45, 2.75) is 78.7 Å². The van der Waals surface area contributed by atoms with Gasteiger partial charge in [0.25, 0.3) is 0 Å². The third kappa shape index (κ3) is 4.57. The van der Waals surface area contributed by atoms with Crippen molar-refractivity contribution in [1.29, 1.82) is 0 Å². The summed E-state index contributed by atoms with van der Waals surface area (Å²) >= 11 is 0. The molecule has 144 valence electrons. The monoisotopic (exact) mass is 365 g/mol. The minimum absolute atomic E-state index is 0.0228. The highest BCUT2D eigenvalue weighted by molar-refractivity contribution is 6.62. The van der Waals surface area contributed by atoms with Crippen LogP contribution in [-0.4, -0.2) is 30.0 Å². The topological polar surface area (TPSA) is 56.8 Å². The van der Waals surface area contributed by atoms with E-state index in [1.807, 2.05) is 34.6 Å². The molecule has 0 bridgehead atoms. The fourth-order valence-electron chi connectivity index (χ4n) is 2.63. The Balaban J connectivity index is 2.20. The summed E-state index contributed by atoms with van der Waals surface area (Å²) in [5.74, 6) is -0.440. The maximum Gasteiger partial charge on any atom is 0.497 e. The summed E-state index contributed by atoms with van der Waals surface area (Å²) in [7, 11) is -0.792. The summed E-state index contributed by atoms with van der Waals surface area (Å²) < 4.78 is 32.2. The van der Waals surface area contributed by atoms with Crippen LogP contribution in [0.2, 0.25) is 0 Å². The summed E-state index contributed by atoms with van der Waals surface area (Å²) in [5.41, 5.74) is -0.156. The molecule has 1 amide bonds. The Morgan fingerprint density at radius 1 is 1.19 bits per heavy atom. The molecule has 1 aliphatic heterocycles. The van der Waals surface area contributed by atoms with Gasteiger partial charge in [-0.1, -0.05) is 17.7 Å². The molecule has 1 fully saturated rings.